The van der Waals surface area contributed by atoms with Crippen molar-refractivity contribution in [3.05, 3.63) is 42.5 Å². The minimum atomic E-state index is 0.326. The van der Waals surface area contributed by atoms with Gasteiger partial charge in [0.15, 0.2) is 0 Å². The summed E-state index contributed by atoms with van der Waals surface area (Å²) < 4.78 is 0. The third-order valence-electron chi connectivity index (χ3n) is 2.76. The molecule has 1 fully saturated rings. The van der Waals surface area contributed by atoms with E-state index in [0.717, 1.165) is 12.8 Å². The molecule has 2 rings (SSSR count). The van der Waals surface area contributed by atoms with Crippen LogP contribution in [0, 0.1) is 0 Å². The summed E-state index contributed by atoms with van der Waals surface area (Å²) in [5.41, 5.74) is 1.24. The Kier molecular flexibility index (Phi) is 2.55. The van der Waals surface area contributed by atoms with E-state index in [4.69, 9.17) is 5.11 Å². The number of phenols is 1. The minimum absolute atomic E-state index is 0.326. The van der Waals surface area contributed by atoms with Crippen molar-refractivity contribution in [2.24, 2.45) is 0 Å². The van der Waals surface area contributed by atoms with Crippen LogP contribution in [0.4, 0.5) is 0 Å². The van der Waals surface area contributed by atoms with Crippen LogP contribution in [0.3, 0.4) is 0 Å². The van der Waals surface area contributed by atoms with Gasteiger partial charge in [-0.1, -0.05) is 18.2 Å². The first kappa shape index (κ1) is 9.28. The molecule has 2 heteroatoms. The first-order chi connectivity index (χ1) is 6.79. The maximum Gasteiger partial charge on any atom is 0.115 e. The van der Waals surface area contributed by atoms with Crippen LogP contribution in [0.1, 0.15) is 24.4 Å². The Balaban J connectivity index is 2.09. The van der Waals surface area contributed by atoms with Crippen LogP contribution in [-0.2, 0) is 0 Å². The van der Waals surface area contributed by atoms with Gasteiger partial charge in [0.25, 0.3) is 0 Å². The number of aromatic hydroxyl groups is 1. The molecule has 0 bridgehead atoms. The second-order valence-electron chi connectivity index (χ2n) is 3.73. The lowest BCUT2D eigenvalue weighted by atomic mass is 10.1. The third kappa shape index (κ3) is 1.80. The molecule has 1 aromatic rings. The van der Waals surface area contributed by atoms with Crippen molar-refractivity contribution in [1.29, 1.82) is 0 Å². The highest BCUT2D eigenvalue weighted by molar-refractivity contribution is 5.28. The normalized spacial score (nSPS) is 26.3. The summed E-state index contributed by atoms with van der Waals surface area (Å²) >= 11 is 0. The standard InChI is InChI=1S/C12H15NO/c1-2-10-5-8-12(13-10)9-3-6-11(14)7-4-9/h2-4,6-7,10,12-14H,1,5,8H2/t10-,12-/m0/s1. The fraction of sp³-hybridized carbons (Fsp3) is 0.333. The van der Waals surface area contributed by atoms with Gasteiger partial charge in [-0.25, -0.2) is 0 Å². The number of benzene rings is 1. The molecule has 0 aromatic heterocycles. The van der Waals surface area contributed by atoms with Crippen molar-refractivity contribution in [3.8, 4) is 5.75 Å². The molecule has 0 spiro atoms. The van der Waals surface area contributed by atoms with E-state index in [1.165, 1.54) is 5.56 Å². The van der Waals surface area contributed by atoms with Crippen molar-refractivity contribution in [1.82, 2.24) is 5.32 Å². The van der Waals surface area contributed by atoms with Crippen LogP contribution in [0.5, 0.6) is 5.75 Å². The number of hydrogen-bond acceptors (Lipinski definition) is 2. The number of hydrogen-bond donors (Lipinski definition) is 2. The average Bonchev–Trinajstić information content (AvgIpc) is 2.67. The van der Waals surface area contributed by atoms with Crippen molar-refractivity contribution < 1.29 is 5.11 Å². The Bertz CT molecular complexity index is 318. The summed E-state index contributed by atoms with van der Waals surface area (Å²) in [6.07, 6.45) is 4.25. The second kappa shape index (κ2) is 3.84. The summed E-state index contributed by atoms with van der Waals surface area (Å²) in [6.45, 7) is 3.78. The zero-order valence-electron chi connectivity index (χ0n) is 8.11. The summed E-state index contributed by atoms with van der Waals surface area (Å²) in [6, 6.07) is 8.26. The molecule has 0 radical (unpaired) electrons. The molecule has 2 atom stereocenters. The Hall–Kier alpha value is -1.28. The molecule has 74 valence electrons. The van der Waals surface area contributed by atoms with E-state index in [-0.39, 0.29) is 0 Å². The van der Waals surface area contributed by atoms with Gasteiger partial charge in [0.1, 0.15) is 5.75 Å². The summed E-state index contributed by atoms with van der Waals surface area (Å²) in [4.78, 5) is 0. The van der Waals surface area contributed by atoms with Gasteiger partial charge in [-0.15, -0.1) is 6.58 Å². The van der Waals surface area contributed by atoms with Gasteiger partial charge in [0, 0.05) is 12.1 Å². The van der Waals surface area contributed by atoms with E-state index in [0.29, 0.717) is 17.8 Å². The first-order valence-corrected chi connectivity index (χ1v) is 4.97. The fourth-order valence-corrected chi connectivity index (χ4v) is 1.93. The van der Waals surface area contributed by atoms with Gasteiger partial charge in [-0.3, -0.25) is 0 Å². The van der Waals surface area contributed by atoms with Crippen LogP contribution in [0.15, 0.2) is 36.9 Å². The van der Waals surface area contributed by atoms with E-state index < -0.39 is 0 Å². The lowest BCUT2D eigenvalue weighted by molar-refractivity contribution is 0.474. The quantitative estimate of drug-likeness (QED) is 0.700. The SMILES string of the molecule is C=C[C@H]1CC[C@@H](c2ccc(O)cc2)N1. The van der Waals surface area contributed by atoms with Crippen molar-refractivity contribution in [2.45, 2.75) is 24.9 Å². The zero-order valence-corrected chi connectivity index (χ0v) is 8.11. The Morgan fingerprint density at radius 3 is 2.57 bits per heavy atom. The van der Waals surface area contributed by atoms with Crippen molar-refractivity contribution >= 4 is 0 Å². The molecule has 1 heterocycles. The molecule has 0 unspecified atom stereocenters. The number of phenolic OH excluding ortho intramolecular Hbond substituents is 1. The molecular formula is C12H15NO. The maximum absolute atomic E-state index is 9.16. The van der Waals surface area contributed by atoms with E-state index >= 15 is 0 Å². The number of rotatable bonds is 2. The largest absolute Gasteiger partial charge is 0.508 e. The lowest BCUT2D eigenvalue weighted by Gasteiger charge is -2.12. The van der Waals surface area contributed by atoms with E-state index in [9.17, 15) is 0 Å². The fourth-order valence-electron chi connectivity index (χ4n) is 1.93. The molecule has 0 aliphatic carbocycles. The summed E-state index contributed by atoms with van der Waals surface area (Å²) in [5, 5.41) is 12.6. The van der Waals surface area contributed by atoms with Crippen molar-refractivity contribution in [3.63, 3.8) is 0 Å². The highest BCUT2D eigenvalue weighted by Crippen LogP contribution is 2.27. The lowest BCUT2D eigenvalue weighted by Crippen LogP contribution is -2.21. The van der Waals surface area contributed by atoms with E-state index in [2.05, 4.69) is 11.9 Å². The minimum Gasteiger partial charge on any atom is -0.508 e. The molecule has 1 saturated heterocycles. The van der Waals surface area contributed by atoms with Gasteiger partial charge < -0.3 is 10.4 Å². The van der Waals surface area contributed by atoms with Gasteiger partial charge >= 0.3 is 0 Å². The highest BCUT2D eigenvalue weighted by atomic mass is 16.3. The average molecular weight is 189 g/mol. The predicted octanol–water partition coefficient (Wildman–Crippen LogP) is 2.37. The van der Waals surface area contributed by atoms with Gasteiger partial charge in [-0.05, 0) is 30.5 Å². The molecule has 1 aromatic carbocycles. The molecule has 0 saturated carbocycles. The molecule has 14 heavy (non-hydrogen) atoms. The van der Waals surface area contributed by atoms with Gasteiger partial charge in [0.2, 0.25) is 0 Å². The van der Waals surface area contributed by atoms with E-state index in [1.54, 1.807) is 12.1 Å². The predicted molar refractivity (Wildman–Crippen MR) is 57.2 cm³/mol. The zero-order chi connectivity index (χ0) is 9.97. The molecule has 0 amide bonds. The Morgan fingerprint density at radius 2 is 2.00 bits per heavy atom. The topological polar surface area (TPSA) is 32.3 Å². The second-order valence-corrected chi connectivity index (χ2v) is 3.73. The summed E-state index contributed by atoms with van der Waals surface area (Å²) in [7, 11) is 0. The highest BCUT2D eigenvalue weighted by Gasteiger charge is 2.22. The smallest absolute Gasteiger partial charge is 0.115 e. The third-order valence-corrected chi connectivity index (χ3v) is 2.76. The van der Waals surface area contributed by atoms with Crippen LogP contribution >= 0.6 is 0 Å². The first-order valence-electron chi connectivity index (χ1n) is 4.97. The molecule has 1 aliphatic rings. The molecule has 2 N–H and O–H groups in total. The monoisotopic (exact) mass is 189 g/mol. The Labute approximate surface area is 84.3 Å². The molecule has 1 aliphatic heterocycles. The number of nitrogens with one attached hydrogen (secondary N) is 1. The van der Waals surface area contributed by atoms with Crippen LogP contribution in [0.2, 0.25) is 0 Å². The van der Waals surface area contributed by atoms with Gasteiger partial charge in [0.05, 0.1) is 0 Å². The Morgan fingerprint density at radius 1 is 1.29 bits per heavy atom. The summed E-state index contributed by atoms with van der Waals surface area (Å²) in [5.74, 6) is 0.326. The molecule has 2 nitrogen and oxygen atoms in total. The maximum atomic E-state index is 9.16. The van der Waals surface area contributed by atoms with Crippen molar-refractivity contribution in [2.75, 3.05) is 0 Å². The van der Waals surface area contributed by atoms with Crippen LogP contribution in [0.25, 0.3) is 0 Å². The van der Waals surface area contributed by atoms with Crippen LogP contribution < -0.4 is 5.32 Å². The van der Waals surface area contributed by atoms with Crippen LogP contribution in [-0.4, -0.2) is 11.1 Å². The van der Waals surface area contributed by atoms with E-state index in [1.807, 2.05) is 18.2 Å². The van der Waals surface area contributed by atoms with Gasteiger partial charge in [-0.2, -0.15) is 0 Å². The molecular weight excluding hydrogens is 174 g/mol.